The number of benzene rings is 1. The van der Waals surface area contributed by atoms with Crippen molar-refractivity contribution in [2.24, 2.45) is 5.10 Å². The fourth-order valence-electron chi connectivity index (χ4n) is 1.44. The molecular weight excluding hydrogens is 172 g/mol. The second-order valence-electron chi connectivity index (χ2n) is 4.55. The van der Waals surface area contributed by atoms with Gasteiger partial charge in [0.25, 0.3) is 0 Å². The van der Waals surface area contributed by atoms with Gasteiger partial charge in [0, 0.05) is 17.5 Å². The summed E-state index contributed by atoms with van der Waals surface area (Å²) in [7, 11) is 0. The average Bonchev–Trinajstić information content (AvgIpc) is 2.16. The Morgan fingerprint density at radius 3 is 2.79 bits per heavy atom. The van der Waals surface area contributed by atoms with Crippen LogP contribution in [0.3, 0.4) is 0 Å². The SMILES string of the molecule is CC(C)(C)c1ccc2c(c1)C=C=NN2. The van der Waals surface area contributed by atoms with E-state index in [-0.39, 0.29) is 5.41 Å². The van der Waals surface area contributed by atoms with E-state index in [0.717, 1.165) is 11.3 Å². The van der Waals surface area contributed by atoms with Crippen LogP contribution in [0.1, 0.15) is 31.9 Å². The van der Waals surface area contributed by atoms with Crippen molar-refractivity contribution in [3.05, 3.63) is 29.3 Å². The van der Waals surface area contributed by atoms with E-state index in [2.05, 4.69) is 55.4 Å². The molecule has 2 heteroatoms. The van der Waals surface area contributed by atoms with Crippen LogP contribution in [0.5, 0.6) is 0 Å². The molecule has 2 nitrogen and oxygen atoms in total. The first-order valence-electron chi connectivity index (χ1n) is 4.76. The van der Waals surface area contributed by atoms with Crippen molar-refractivity contribution < 1.29 is 0 Å². The standard InChI is InChI=1S/C12H14N2/c1-12(2,3)10-4-5-11-9(8-10)6-7-13-14-11/h4-6,8,14H,1-3H3. The van der Waals surface area contributed by atoms with Gasteiger partial charge in [0.1, 0.15) is 0 Å². The van der Waals surface area contributed by atoms with Gasteiger partial charge in [-0.1, -0.05) is 26.8 Å². The van der Waals surface area contributed by atoms with Crippen molar-refractivity contribution in [3.8, 4) is 0 Å². The lowest BCUT2D eigenvalue weighted by Crippen LogP contribution is -2.11. The molecule has 14 heavy (non-hydrogen) atoms. The lowest BCUT2D eigenvalue weighted by molar-refractivity contribution is 0.590. The van der Waals surface area contributed by atoms with Gasteiger partial charge in [0.2, 0.25) is 0 Å². The molecular formula is C12H14N2. The maximum Gasteiger partial charge on any atom is 0.0648 e. The third-order valence-corrected chi connectivity index (χ3v) is 2.38. The fourth-order valence-corrected chi connectivity index (χ4v) is 1.44. The third kappa shape index (κ3) is 1.57. The number of nitrogens with zero attached hydrogens (tertiary/aromatic N) is 1. The summed E-state index contributed by atoms with van der Waals surface area (Å²) in [4.78, 5) is 0. The molecule has 1 aliphatic rings. The third-order valence-electron chi connectivity index (χ3n) is 2.38. The summed E-state index contributed by atoms with van der Waals surface area (Å²) >= 11 is 0. The largest absolute Gasteiger partial charge is 0.270 e. The summed E-state index contributed by atoms with van der Waals surface area (Å²) in [6, 6.07) is 6.39. The number of fused-ring (bicyclic) bond motifs is 1. The number of hydrogen-bond acceptors (Lipinski definition) is 2. The van der Waals surface area contributed by atoms with Crippen LogP contribution >= 0.6 is 0 Å². The predicted molar refractivity (Wildman–Crippen MR) is 60.7 cm³/mol. The van der Waals surface area contributed by atoms with E-state index in [1.54, 1.807) is 0 Å². The first kappa shape index (κ1) is 9.04. The molecule has 0 saturated carbocycles. The van der Waals surface area contributed by atoms with Crippen molar-refractivity contribution in [2.75, 3.05) is 5.43 Å². The van der Waals surface area contributed by atoms with Crippen LogP contribution in [0.2, 0.25) is 0 Å². The first-order chi connectivity index (χ1) is 6.57. The number of hydrazone groups is 1. The highest BCUT2D eigenvalue weighted by Gasteiger charge is 2.15. The molecule has 1 aromatic rings. The monoisotopic (exact) mass is 186 g/mol. The number of hydrogen-bond donors (Lipinski definition) is 1. The molecule has 0 radical (unpaired) electrons. The van der Waals surface area contributed by atoms with Gasteiger partial charge in [0.15, 0.2) is 0 Å². The van der Waals surface area contributed by atoms with E-state index in [1.807, 2.05) is 6.08 Å². The van der Waals surface area contributed by atoms with E-state index < -0.39 is 0 Å². The minimum atomic E-state index is 0.192. The maximum atomic E-state index is 3.85. The average molecular weight is 186 g/mol. The molecule has 72 valence electrons. The van der Waals surface area contributed by atoms with E-state index >= 15 is 0 Å². The highest BCUT2D eigenvalue weighted by Crippen LogP contribution is 2.27. The molecule has 0 amide bonds. The Bertz CT molecular complexity index is 418. The topological polar surface area (TPSA) is 24.4 Å². The minimum absolute atomic E-state index is 0.192. The van der Waals surface area contributed by atoms with Gasteiger partial charge in [-0.2, -0.15) is 0 Å². The highest BCUT2D eigenvalue weighted by molar-refractivity contribution is 5.86. The number of rotatable bonds is 0. The lowest BCUT2D eigenvalue weighted by Gasteiger charge is -2.20. The summed E-state index contributed by atoms with van der Waals surface area (Å²) in [5, 5.41) is 3.85. The Hall–Kier alpha value is -1.53. The van der Waals surface area contributed by atoms with Gasteiger partial charge in [-0.25, -0.2) is 0 Å². The number of nitrogens with one attached hydrogen (secondary N) is 1. The van der Waals surface area contributed by atoms with Gasteiger partial charge in [-0.3, -0.25) is 5.43 Å². The molecule has 0 unspecified atom stereocenters. The first-order valence-corrected chi connectivity index (χ1v) is 4.76. The molecule has 1 heterocycles. The second-order valence-corrected chi connectivity index (χ2v) is 4.55. The van der Waals surface area contributed by atoms with Gasteiger partial charge >= 0.3 is 0 Å². The second kappa shape index (κ2) is 3.00. The fraction of sp³-hybridized carbons (Fsp3) is 0.333. The smallest absolute Gasteiger partial charge is 0.0648 e. The van der Waals surface area contributed by atoms with Crippen LogP contribution in [0.15, 0.2) is 23.3 Å². The zero-order chi connectivity index (χ0) is 10.2. The number of anilines is 1. The minimum Gasteiger partial charge on any atom is -0.270 e. The molecule has 0 bridgehead atoms. The Balaban J connectivity index is 2.50. The zero-order valence-electron chi connectivity index (χ0n) is 8.76. The lowest BCUT2D eigenvalue weighted by atomic mass is 9.86. The van der Waals surface area contributed by atoms with Crippen LogP contribution < -0.4 is 5.43 Å². The predicted octanol–water partition coefficient (Wildman–Crippen LogP) is 3.01. The molecule has 0 aromatic heterocycles. The zero-order valence-corrected chi connectivity index (χ0v) is 8.76. The Labute approximate surface area is 84.3 Å². The van der Waals surface area contributed by atoms with Crippen LogP contribution in [0.4, 0.5) is 5.69 Å². The quantitative estimate of drug-likeness (QED) is 0.661. The summed E-state index contributed by atoms with van der Waals surface area (Å²) in [5.41, 5.74) is 6.66. The Kier molecular flexibility index (Phi) is 1.94. The molecule has 0 saturated heterocycles. The molecule has 2 rings (SSSR count). The van der Waals surface area contributed by atoms with Crippen molar-refractivity contribution in [1.29, 1.82) is 0 Å². The normalized spacial score (nSPS) is 13.6. The van der Waals surface area contributed by atoms with Crippen LogP contribution in [0, 0.1) is 0 Å². The Morgan fingerprint density at radius 2 is 2.07 bits per heavy atom. The van der Waals surface area contributed by atoms with Crippen molar-refractivity contribution in [3.63, 3.8) is 0 Å². The molecule has 1 aromatic carbocycles. The van der Waals surface area contributed by atoms with Gasteiger partial charge in [-0.15, -0.1) is 5.10 Å². The molecule has 1 N–H and O–H groups in total. The highest BCUT2D eigenvalue weighted by atomic mass is 15.3. The van der Waals surface area contributed by atoms with E-state index in [4.69, 9.17) is 0 Å². The molecule has 0 spiro atoms. The van der Waals surface area contributed by atoms with Crippen molar-refractivity contribution in [1.82, 2.24) is 0 Å². The summed E-state index contributed by atoms with van der Waals surface area (Å²) in [6.07, 6.45) is 1.90. The summed E-state index contributed by atoms with van der Waals surface area (Å²) in [5.74, 6) is 2.81. The molecule has 1 aliphatic heterocycles. The maximum absolute atomic E-state index is 3.85. The van der Waals surface area contributed by atoms with E-state index in [1.165, 1.54) is 5.56 Å². The Morgan fingerprint density at radius 1 is 1.29 bits per heavy atom. The van der Waals surface area contributed by atoms with E-state index in [0.29, 0.717) is 0 Å². The van der Waals surface area contributed by atoms with Gasteiger partial charge in [-0.05, 0) is 23.1 Å². The van der Waals surface area contributed by atoms with E-state index in [9.17, 15) is 0 Å². The van der Waals surface area contributed by atoms with Crippen LogP contribution in [-0.2, 0) is 5.41 Å². The summed E-state index contributed by atoms with van der Waals surface area (Å²) < 4.78 is 0. The summed E-state index contributed by atoms with van der Waals surface area (Å²) in [6.45, 7) is 6.63. The van der Waals surface area contributed by atoms with Gasteiger partial charge < -0.3 is 0 Å². The van der Waals surface area contributed by atoms with Crippen LogP contribution in [0.25, 0.3) is 6.08 Å². The molecule has 0 aliphatic carbocycles. The van der Waals surface area contributed by atoms with Gasteiger partial charge in [0.05, 0.1) is 5.69 Å². The molecule has 0 atom stereocenters. The van der Waals surface area contributed by atoms with Crippen LogP contribution in [-0.4, -0.2) is 5.87 Å². The van der Waals surface area contributed by atoms with Crippen molar-refractivity contribution >= 4 is 17.6 Å². The van der Waals surface area contributed by atoms with Crippen molar-refractivity contribution in [2.45, 2.75) is 26.2 Å². The molecule has 0 fully saturated rings.